The summed E-state index contributed by atoms with van der Waals surface area (Å²) in [6.07, 6.45) is 2.52. The van der Waals surface area contributed by atoms with Crippen molar-refractivity contribution < 1.29 is 9.18 Å². The van der Waals surface area contributed by atoms with Gasteiger partial charge in [0.2, 0.25) is 0 Å². The predicted octanol–water partition coefficient (Wildman–Crippen LogP) is 4.44. The first-order valence-electron chi connectivity index (χ1n) is 5.49. The minimum absolute atomic E-state index is 0.116. The van der Waals surface area contributed by atoms with Crippen LogP contribution in [0.3, 0.4) is 0 Å². The van der Waals surface area contributed by atoms with E-state index in [9.17, 15) is 9.18 Å². The van der Waals surface area contributed by atoms with Gasteiger partial charge in [0, 0.05) is 15.6 Å². The summed E-state index contributed by atoms with van der Waals surface area (Å²) in [6, 6.07) is 4.32. The van der Waals surface area contributed by atoms with Crippen molar-refractivity contribution in [2.75, 3.05) is 0 Å². The minimum Gasteiger partial charge on any atom is -0.294 e. The Hall–Kier alpha value is -0.450. The molecule has 0 aromatic heterocycles. The molecule has 0 radical (unpaired) electrons. The molecule has 0 saturated carbocycles. The third-order valence-electron chi connectivity index (χ3n) is 2.42. The second kappa shape index (κ2) is 6.33. The van der Waals surface area contributed by atoms with Gasteiger partial charge in [-0.3, -0.25) is 4.79 Å². The van der Waals surface area contributed by atoms with Crippen molar-refractivity contribution in [2.45, 2.75) is 33.1 Å². The maximum Gasteiger partial charge on any atom is 0.163 e. The van der Waals surface area contributed by atoms with Gasteiger partial charge in [-0.25, -0.2) is 4.39 Å². The van der Waals surface area contributed by atoms with Crippen LogP contribution in [-0.2, 0) is 0 Å². The van der Waals surface area contributed by atoms with Crippen LogP contribution in [-0.4, -0.2) is 5.78 Å². The van der Waals surface area contributed by atoms with Crippen LogP contribution in [0.25, 0.3) is 0 Å². The summed E-state index contributed by atoms with van der Waals surface area (Å²) in [5.41, 5.74) is 0.644. The van der Waals surface area contributed by atoms with E-state index in [4.69, 9.17) is 0 Å². The molecule has 88 valence electrons. The fraction of sp³-hybridized carbons (Fsp3) is 0.462. The number of hydrogen-bond acceptors (Lipinski definition) is 1. The van der Waals surface area contributed by atoms with Crippen molar-refractivity contribution in [2.24, 2.45) is 5.92 Å². The van der Waals surface area contributed by atoms with E-state index in [2.05, 4.69) is 13.8 Å². The number of hydrogen-bond donors (Lipinski definition) is 0. The lowest BCUT2D eigenvalue weighted by Crippen LogP contribution is -2.03. The molecule has 1 aromatic carbocycles. The molecule has 16 heavy (non-hydrogen) atoms. The first-order valence-corrected chi connectivity index (χ1v) is 6.57. The largest absolute Gasteiger partial charge is 0.294 e. The van der Waals surface area contributed by atoms with Crippen molar-refractivity contribution in [3.63, 3.8) is 0 Å². The lowest BCUT2D eigenvalue weighted by atomic mass is 10.0. The molecule has 0 aliphatic rings. The molecule has 1 nitrogen and oxygen atoms in total. The van der Waals surface area contributed by atoms with Gasteiger partial charge in [-0.2, -0.15) is 0 Å². The number of carbonyl (C=O) groups is 1. The second-order valence-corrected chi connectivity index (χ2v) is 5.50. The molecule has 0 aliphatic carbocycles. The third-order valence-corrected chi connectivity index (χ3v) is 3.31. The molecule has 1 rings (SSSR count). The smallest absolute Gasteiger partial charge is 0.163 e. The first-order chi connectivity index (χ1) is 7.50. The van der Waals surface area contributed by atoms with Crippen molar-refractivity contribution >= 4 is 28.4 Å². The zero-order valence-corrected chi connectivity index (χ0v) is 11.8. The average molecular weight is 334 g/mol. The van der Waals surface area contributed by atoms with Crippen LogP contribution in [0.1, 0.15) is 43.5 Å². The van der Waals surface area contributed by atoms with E-state index >= 15 is 0 Å². The summed E-state index contributed by atoms with van der Waals surface area (Å²) < 4.78 is 13.6. The number of benzene rings is 1. The van der Waals surface area contributed by atoms with Crippen molar-refractivity contribution in [1.29, 1.82) is 0 Å². The molecule has 3 heteroatoms. The van der Waals surface area contributed by atoms with Gasteiger partial charge >= 0.3 is 0 Å². The van der Waals surface area contributed by atoms with Gasteiger partial charge in [0.1, 0.15) is 5.82 Å². The molecule has 1 aromatic rings. The van der Waals surface area contributed by atoms with Crippen LogP contribution in [0.15, 0.2) is 18.2 Å². The number of Topliss-reactive ketones (excluding diaryl/α,β-unsaturated/α-hetero) is 1. The molecular formula is C13H16FIO. The lowest BCUT2D eigenvalue weighted by molar-refractivity contribution is 0.0977. The Labute approximate surface area is 110 Å². The number of ketones is 1. The highest BCUT2D eigenvalue weighted by Gasteiger charge is 2.10. The van der Waals surface area contributed by atoms with Crippen LogP contribution >= 0.6 is 22.6 Å². The van der Waals surface area contributed by atoms with Crippen molar-refractivity contribution in [3.05, 3.63) is 33.1 Å². The van der Waals surface area contributed by atoms with Gasteiger partial charge in [0.25, 0.3) is 0 Å². The van der Waals surface area contributed by atoms with Gasteiger partial charge in [-0.15, -0.1) is 0 Å². The Bertz CT molecular complexity index is 374. The summed E-state index contributed by atoms with van der Waals surface area (Å²) in [5, 5.41) is 0. The molecular weight excluding hydrogens is 318 g/mol. The van der Waals surface area contributed by atoms with E-state index in [0.29, 0.717) is 21.5 Å². The number of halogens is 2. The Kier molecular flexibility index (Phi) is 5.38. The molecule has 0 saturated heterocycles. The van der Waals surface area contributed by atoms with Gasteiger partial charge in [-0.05, 0) is 53.1 Å². The third kappa shape index (κ3) is 4.20. The highest BCUT2D eigenvalue weighted by atomic mass is 127. The van der Waals surface area contributed by atoms with E-state index in [1.165, 1.54) is 12.1 Å². The quantitative estimate of drug-likeness (QED) is 0.575. The van der Waals surface area contributed by atoms with Crippen LogP contribution in [0.2, 0.25) is 0 Å². The second-order valence-electron chi connectivity index (χ2n) is 4.33. The van der Waals surface area contributed by atoms with E-state index < -0.39 is 0 Å². The summed E-state index contributed by atoms with van der Waals surface area (Å²) in [6.45, 7) is 4.29. The summed E-state index contributed by atoms with van der Waals surface area (Å²) in [5.74, 6) is 0.452. The number of carbonyl (C=O) groups excluding carboxylic acids is 1. The van der Waals surface area contributed by atoms with Crippen molar-refractivity contribution in [3.8, 4) is 0 Å². The van der Waals surface area contributed by atoms with Gasteiger partial charge in [0.05, 0.1) is 0 Å². The molecule has 0 atom stereocenters. The average Bonchev–Trinajstić information content (AvgIpc) is 2.16. The van der Waals surface area contributed by atoms with Crippen molar-refractivity contribution in [1.82, 2.24) is 0 Å². The molecule has 0 unspecified atom stereocenters. The minimum atomic E-state index is -0.289. The van der Waals surface area contributed by atoms with Crippen LogP contribution in [0, 0.1) is 15.3 Å². The van der Waals surface area contributed by atoms with Gasteiger partial charge in [-0.1, -0.05) is 20.3 Å². The molecule has 0 N–H and O–H groups in total. The highest BCUT2D eigenvalue weighted by Crippen LogP contribution is 2.17. The molecule has 0 amide bonds. The zero-order valence-electron chi connectivity index (χ0n) is 9.59. The Morgan fingerprint density at radius 1 is 1.44 bits per heavy atom. The Morgan fingerprint density at radius 2 is 2.12 bits per heavy atom. The summed E-state index contributed by atoms with van der Waals surface area (Å²) in [4.78, 5) is 11.8. The fourth-order valence-electron chi connectivity index (χ4n) is 1.52. The highest BCUT2D eigenvalue weighted by molar-refractivity contribution is 14.1. The normalized spacial score (nSPS) is 10.8. The molecule has 0 fully saturated rings. The Balaban J connectivity index is 2.59. The SMILES string of the molecule is CC(C)CCCC(=O)c1ccc(F)cc1I. The van der Waals surface area contributed by atoms with E-state index in [1.54, 1.807) is 6.07 Å². The topological polar surface area (TPSA) is 17.1 Å². The first kappa shape index (κ1) is 13.6. The van der Waals surface area contributed by atoms with E-state index in [0.717, 1.165) is 12.8 Å². The predicted molar refractivity (Wildman–Crippen MR) is 72.1 cm³/mol. The maximum absolute atomic E-state index is 12.9. The van der Waals surface area contributed by atoms with Crippen LogP contribution < -0.4 is 0 Å². The van der Waals surface area contributed by atoms with Gasteiger partial charge in [0.15, 0.2) is 5.78 Å². The van der Waals surface area contributed by atoms with Crippen LogP contribution in [0.5, 0.6) is 0 Å². The van der Waals surface area contributed by atoms with E-state index in [1.807, 2.05) is 22.6 Å². The molecule has 0 heterocycles. The number of rotatable bonds is 5. The fourth-order valence-corrected chi connectivity index (χ4v) is 2.30. The zero-order chi connectivity index (χ0) is 12.1. The summed E-state index contributed by atoms with van der Waals surface area (Å²) >= 11 is 2.01. The maximum atomic E-state index is 12.9. The Morgan fingerprint density at radius 3 is 2.69 bits per heavy atom. The monoisotopic (exact) mass is 334 g/mol. The molecule has 0 spiro atoms. The van der Waals surface area contributed by atoms with Gasteiger partial charge < -0.3 is 0 Å². The van der Waals surface area contributed by atoms with E-state index in [-0.39, 0.29) is 11.6 Å². The molecule has 0 bridgehead atoms. The lowest BCUT2D eigenvalue weighted by Gasteiger charge is -2.05. The standard InChI is InChI=1S/C13H16FIO/c1-9(2)4-3-5-13(16)11-7-6-10(14)8-12(11)15/h6-9H,3-5H2,1-2H3. The molecule has 0 aliphatic heterocycles. The van der Waals surface area contributed by atoms with Crippen LogP contribution in [0.4, 0.5) is 4.39 Å². The summed E-state index contributed by atoms with van der Waals surface area (Å²) in [7, 11) is 0.